The van der Waals surface area contributed by atoms with Crippen molar-refractivity contribution in [2.45, 2.75) is 11.4 Å². The molecule has 2 N–H and O–H groups in total. The van der Waals surface area contributed by atoms with E-state index in [4.69, 9.17) is 29.6 Å². The summed E-state index contributed by atoms with van der Waals surface area (Å²) in [5.41, 5.74) is 6.97. The maximum absolute atomic E-state index is 12.5. The predicted molar refractivity (Wildman–Crippen MR) is 90.3 cm³/mol. The molecular formula is C13H13ClN2O2S3. The second-order valence-corrected chi connectivity index (χ2v) is 8.04. The van der Waals surface area contributed by atoms with E-state index in [1.807, 2.05) is 16.8 Å². The number of sulfonamides is 1. The van der Waals surface area contributed by atoms with Crippen molar-refractivity contribution < 1.29 is 8.42 Å². The zero-order chi connectivity index (χ0) is 15.6. The predicted octanol–water partition coefficient (Wildman–Crippen LogP) is 2.86. The number of hydrogen-bond acceptors (Lipinski definition) is 4. The quantitative estimate of drug-likeness (QED) is 0.833. The van der Waals surface area contributed by atoms with Crippen LogP contribution in [0.4, 0.5) is 0 Å². The number of nitrogens with two attached hydrogens (primary N) is 1. The molecule has 0 saturated carbocycles. The molecule has 0 saturated heterocycles. The molecule has 0 radical (unpaired) electrons. The highest BCUT2D eigenvalue weighted by Gasteiger charge is 2.24. The molecule has 0 aliphatic rings. The van der Waals surface area contributed by atoms with Crippen molar-refractivity contribution >= 4 is 50.2 Å². The third-order valence-electron chi connectivity index (χ3n) is 2.89. The first-order valence-electron chi connectivity index (χ1n) is 5.89. The fraction of sp³-hybridized carbons (Fsp3) is 0.154. The maximum Gasteiger partial charge on any atom is 0.244 e. The van der Waals surface area contributed by atoms with Crippen LogP contribution in [0.15, 0.2) is 39.9 Å². The molecule has 112 valence electrons. The second kappa shape index (κ2) is 6.41. The summed E-state index contributed by atoms with van der Waals surface area (Å²) in [6.45, 7) is 0.291. The standard InChI is InChI=1S/C13H13ClN2O2S3/c1-16(7-9-4-5-20-8-9)21(17,18)12-3-2-10(13(15)19)6-11(12)14/h2-6,8H,7H2,1H3,(H2,15,19). The van der Waals surface area contributed by atoms with Crippen LogP contribution < -0.4 is 5.73 Å². The Labute approximate surface area is 138 Å². The first-order chi connectivity index (χ1) is 9.82. The molecule has 0 fully saturated rings. The average Bonchev–Trinajstić information content (AvgIpc) is 2.90. The van der Waals surface area contributed by atoms with Gasteiger partial charge in [0.1, 0.15) is 9.88 Å². The highest BCUT2D eigenvalue weighted by Crippen LogP contribution is 2.26. The zero-order valence-corrected chi connectivity index (χ0v) is 14.3. The summed E-state index contributed by atoms with van der Waals surface area (Å²) < 4.78 is 26.3. The normalized spacial score (nSPS) is 11.8. The van der Waals surface area contributed by atoms with Crippen molar-refractivity contribution in [2.75, 3.05) is 7.05 Å². The van der Waals surface area contributed by atoms with E-state index < -0.39 is 10.0 Å². The van der Waals surface area contributed by atoms with Crippen LogP contribution in [0.2, 0.25) is 5.02 Å². The van der Waals surface area contributed by atoms with Gasteiger partial charge in [-0.05, 0) is 34.5 Å². The van der Waals surface area contributed by atoms with Crippen LogP contribution >= 0.6 is 35.2 Å². The number of thiocarbonyl (C=S) groups is 1. The first kappa shape index (κ1) is 16.4. The van der Waals surface area contributed by atoms with E-state index in [9.17, 15) is 8.42 Å². The number of halogens is 1. The van der Waals surface area contributed by atoms with Gasteiger partial charge in [-0.1, -0.05) is 29.9 Å². The smallest absolute Gasteiger partial charge is 0.244 e. The van der Waals surface area contributed by atoms with Crippen LogP contribution in [-0.4, -0.2) is 24.8 Å². The lowest BCUT2D eigenvalue weighted by atomic mass is 10.2. The lowest BCUT2D eigenvalue weighted by molar-refractivity contribution is 0.467. The molecule has 1 aromatic heterocycles. The van der Waals surface area contributed by atoms with Gasteiger partial charge in [0.2, 0.25) is 10.0 Å². The Morgan fingerprint density at radius 1 is 1.43 bits per heavy atom. The van der Waals surface area contributed by atoms with Crippen LogP contribution in [-0.2, 0) is 16.6 Å². The minimum atomic E-state index is -3.67. The van der Waals surface area contributed by atoms with Gasteiger partial charge in [0.05, 0.1) is 5.02 Å². The molecule has 4 nitrogen and oxygen atoms in total. The van der Waals surface area contributed by atoms with E-state index in [1.54, 1.807) is 6.07 Å². The fourth-order valence-corrected chi connectivity index (χ4v) is 4.22. The van der Waals surface area contributed by atoms with Gasteiger partial charge in [0.25, 0.3) is 0 Å². The monoisotopic (exact) mass is 360 g/mol. The Balaban J connectivity index is 2.33. The molecule has 0 spiro atoms. The summed E-state index contributed by atoms with van der Waals surface area (Å²) in [6, 6.07) is 6.33. The van der Waals surface area contributed by atoms with E-state index >= 15 is 0 Å². The summed E-state index contributed by atoms with van der Waals surface area (Å²) in [5.74, 6) is 0. The van der Waals surface area contributed by atoms with Crippen LogP contribution in [0.25, 0.3) is 0 Å². The zero-order valence-electron chi connectivity index (χ0n) is 11.1. The van der Waals surface area contributed by atoms with Gasteiger partial charge < -0.3 is 5.73 Å². The number of nitrogens with zero attached hydrogens (tertiary/aromatic N) is 1. The Morgan fingerprint density at radius 3 is 2.67 bits per heavy atom. The minimum absolute atomic E-state index is 0.0434. The summed E-state index contributed by atoms with van der Waals surface area (Å²) in [5, 5.41) is 3.92. The molecule has 2 rings (SSSR count). The van der Waals surface area contributed by atoms with Gasteiger partial charge in [0.15, 0.2) is 0 Å². The van der Waals surface area contributed by atoms with E-state index in [-0.39, 0.29) is 14.9 Å². The van der Waals surface area contributed by atoms with Crippen molar-refractivity contribution in [3.05, 3.63) is 51.2 Å². The molecule has 8 heteroatoms. The summed E-state index contributed by atoms with van der Waals surface area (Å²) in [7, 11) is -2.15. The van der Waals surface area contributed by atoms with Crippen LogP contribution in [0, 0.1) is 0 Å². The Hall–Kier alpha value is -0.990. The number of hydrogen-bond donors (Lipinski definition) is 1. The minimum Gasteiger partial charge on any atom is -0.389 e. The molecule has 0 amide bonds. The SMILES string of the molecule is CN(Cc1ccsc1)S(=O)(=O)c1ccc(C(N)=S)cc1Cl. The van der Waals surface area contributed by atoms with Gasteiger partial charge >= 0.3 is 0 Å². The van der Waals surface area contributed by atoms with Gasteiger partial charge in [-0.15, -0.1) is 0 Å². The largest absolute Gasteiger partial charge is 0.389 e. The van der Waals surface area contributed by atoms with Gasteiger partial charge in [-0.3, -0.25) is 0 Å². The van der Waals surface area contributed by atoms with Crippen molar-refractivity contribution in [1.82, 2.24) is 4.31 Å². The van der Waals surface area contributed by atoms with Crippen molar-refractivity contribution in [3.8, 4) is 0 Å². The first-order valence-corrected chi connectivity index (χ1v) is 9.06. The number of benzene rings is 1. The molecule has 1 heterocycles. The van der Waals surface area contributed by atoms with Gasteiger partial charge in [-0.2, -0.15) is 15.6 Å². The lowest BCUT2D eigenvalue weighted by Crippen LogP contribution is -2.26. The van der Waals surface area contributed by atoms with Gasteiger partial charge in [0, 0.05) is 19.2 Å². The van der Waals surface area contributed by atoms with E-state index in [0.29, 0.717) is 12.1 Å². The Morgan fingerprint density at radius 2 is 2.14 bits per heavy atom. The highest BCUT2D eigenvalue weighted by atomic mass is 35.5. The van der Waals surface area contributed by atoms with Crippen LogP contribution in [0.5, 0.6) is 0 Å². The molecule has 0 aliphatic carbocycles. The second-order valence-electron chi connectivity index (χ2n) is 4.40. The Bertz CT molecular complexity index is 758. The fourth-order valence-electron chi connectivity index (χ4n) is 1.76. The lowest BCUT2D eigenvalue weighted by Gasteiger charge is -2.17. The van der Waals surface area contributed by atoms with Crippen molar-refractivity contribution in [3.63, 3.8) is 0 Å². The summed E-state index contributed by atoms with van der Waals surface area (Å²) >= 11 is 12.4. The molecular weight excluding hydrogens is 348 g/mol. The van der Waals surface area contributed by atoms with E-state index in [0.717, 1.165) is 5.56 Å². The molecule has 0 unspecified atom stereocenters. The number of thiophene rings is 1. The maximum atomic E-state index is 12.5. The molecule has 2 aromatic rings. The molecule has 0 atom stereocenters. The summed E-state index contributed by atoms with van der Waals surface area (Å²) in [4.78, 5) is 0.217. The van der Waals surface area contributed by atoms with Gasteiger partial charge in [-0.25, -0.2) is 8.42 Å². The van der Waals surface area contributed by atoms with E-state index in [2.05, 4.69) is 0 Å². The van der Waals surface area contributed by atoms with Crippen molar-refractivity contribution in [1.29, 1.82) is 0 Å². The molecule has 0 bridgehead atoms. The molecule has 21 heavy (non-hydrogen) atoms. The highest BCUT2D eigenvalue weighted by molar-refractivity contribution is 7.89. The topological polar surface area (TPSA) is 63.4 Å². The summed E-state index contributed by atoms with van der Waals surface area (Å²) in [6.07, 6.45) is 0. The third-order valence-corrected chi connectivity index (χ3v) is 6.14. The number of rotatable bonds is 5. The third kappa shape index (κ3) is 3.61. The van der Waals surface area contributed by atoms with Crippen LogP contribution in [0.1, 0.15) is 11.1 Å². The molecule has 0 aliphatic heterocycles. The van der Waals surface area contributed by atoms with Crippen molar-refractivity contribution in [2.24, 2.45) is 5.73 Å². The van der Waals surface area contributed by atoms with Crippen LogP contribution in [0.3, 0.4) is 0 Å². The molecule has 1 aromatic carbocycles. The Kier molecular flexibility index (Phi) is 5.00. The van der Waals surface area contributed by atoms with E-state index in [1.165, 1.54) is 34.8 Å². The average molecular weight is 361 g/mol.